The molecule has 1 amide bonds. The van der Waals surface area contributed by atoms with Crippen LogP contribution in [0.4, 0.5) is 0 Å². The second-order valence-corrected chi connectivity index (χ2v) is 5.60. The first kappa shape index (κ1) is 20.0. The van der Waals surface area contributed by atoms with E-state index >= 15 is 0 Å². The van der Waals surface area contributed by atoms with E-state index in [9.17, 15) is 9.90 Å². The van der Waals surface area contributed by atoms with Crippen LogP contribution < -0.4 is 15.4 Å². The van der Waals surface area contributed by atoms with Crippen LogP contribution in [0.25, 0.3) is 0 Å². The highest BCUT2D eigenvalue weighted by Gasteiger charge is 2.19. The van der Waals surface area contributed by atoms with Gasteiger partial charge in [-0.05, 0) is 13.8 Å². The zero-order chi connectivity index (χ0) is 15.1. The van der Waals surface area contributed by atoms with Gasteiger partial charge < -0.3 is 20.5 Å². The summed E-state index contributed by atoms with van der Waals surface area (Å²) in [4.78, 5) is 11.8. The molecular weight excluding hydrogens is 316 g/mol. The Hall–Kier alpha value is -0.960. The number of aliphatic hydroxyl groups is 1. The van der Waals surface area contributed by atoms with Crippen molar-refractivity contribution in [2.24, 2.45) is 0 Å². The second-order valence-electron chi connectivity index (χ2n) is 5.07. The van der Waals surface area contributed by atoms with Crippen molar-refractivity contribution < 1.29 is 14.6 Å². The first-order valence-electron chi connectivity index (χ1n) is 6.57. The molecule has 0 aromatic carbocycles. The zero-order valence-electron chi connectivity index (χ0n) is 12.6. The molecule has 1 rings (SSSR count). The Morgan fingerprint density at radius 2 is 1.95 bits per heavy atom. The van der Waals surface area contributed by atoms with E-state index in [-0.39, 0.29) is 48.6 Å². The lowest BCUT2D eigenvalue weighted by Gasteiger charge is -2.14. The molecule has 0 fully saturated rings. The van der Waals surface area contributed by atoms with Gasteiger partial charge in [-0.25, -0.2) is 0 Å². The minimum absolute atomic E-state index is 0. The molecule has 0 saturated carbocycles. The minimum Gasteiger partial charge on any atom is -0.473 e. The van der Waals surface area contributed by atoms with Crippen molar-refractivity contribution in [2.45, 2.75) is 45.9 Å². The topological polar surface area (TPSA) is 96.4 Å². The van der Waals surface area contributed by atoms with Gasteiger partial charge in [-0.2, -0.15) is 4.37 Å². The van der Waals surface area contributed by atoms with Crippen molar-refractivity contribution in [3.63, 3.8) is 0 Å². The van der Waals surface area contributed by atoms with Crippen molar-refractivity contribution in [3.05, 3.63) is 5.69 Å². The summed E-state index contributed by atoms with van der Waals surface area (Å²) in [5.41, 5.74) is 0.160. The third-order valence-electron chi connectivity index (χ3n) is 2.27. The van der Waals surface area contributed by atoms with Crippen LogP contribution in [0.1, 0.15) is 38.2 Å². The van der Waals surface area contributed by atoms with Gasteiger partial charge in [-0.3, -0.25) is 4.79 Å². The summed E-state index contributed by atoms with van der Waals surface area (Å²) in [6.07, 6.45) is -0.667. The molecule has 1 aromatic rings. The highest BCUT2D eigenvalue weighted by Crippen LogP contribution is 2.15. The van der Waals surface area contributed by atoms with Crippen LogP contribution in [0, 0.1) is 0 Å². The Morgan fingerprint density at radius 3 is 2.52 bits per heavy atom. The number of aliphatic hydroxyl groups excluding tert-OH is 1. The molecule has 3 N–H and O–H groups in total. The van der Waals surface area contributed by atoms with Crippen molar-refractivity contribution >= 4 is 30.0 Å². The number of halogens is 1. The van der Waals surface area contributed by atoms with Crippen LogP contribution in [0.5, 0.6) is 5.88 Å². The van der Waals surface area contributed by atoms with Gasteiger partial charge in [0.15, 0.2) is 0 Å². The van der Waals surface area contributed by atoms with E-state index in [2.05, 4.69) is 19.4 Å². The molecule has 1 unspecified atom stereocenters. The molecule has 0 radical (unpaired) electrons. The van der Waals surface area contributed by atoms with E-state index in [1.165, 1.54) is 0 Å². The Bertz CT molecular complexity index is 428. The van der Waals surface area contributed by atoms with Crippen molar-refractivity contribution in [1.82, 2.24) is 19.4 Å². The SMILES string of the molecule is CC(C)NCC(O)COc1nsnc1C(=O)NC(C)C.Cl. The molecule has 0 spiro atoms. The summed E-state index contributed by atoms with van der Waals surface area (Å²) in [6, 6.07) is 0.302. The lowest BCUT2D eigenvalue weighted by molar-refractivity contribution is 0.0904. The first-order chi connectivity index (χ1) is 9.40. The number of rotatable bonds is 8. The number of nitrogens with zero attached hydrogens (tertiary/aromatic N) is 2. The quantitative estimate of drug-likeness (QED) is 0.650. The first-order valence-corrected chi connectivity index (χ1v) is 7.30. The van der Waals surface area contributed by atoms with Crippen LogP contribution in [-0.4, -0.2) is 51.1 Å². The average Bonchev–Trinajstić information content (AvgIpc) is 2.81. The molecule has 1 heterocycles. The summed E-state index contributed by atoms with van der Waals surface area (Å²) in [6.45, 7) is 8.19. The Kier molecular flexibility index (Phi) is 9.43. The fraction of sp³-hybridized carbons (Fsp3) is 0.750. The molecule has 9 heteroatoms. The Labute approximate surface area is 135 Å². The lowest BCUT2D eigenvalue weighted by Crippen LogP contribution is -2.35. The van der Waals surface area contributed by atoms with Gasteiger partial charge >= 0.3 is 0 Å². The van der Waals surface area contributed by atoms with Crippen molar-refractivity contribution in [2.75, 3.05) is 13.2 Å². The van der Waals surface area contributed by atoms with Crippen molar-refractivity contribution in [3.8, 4) is 5.88 Å². The van der Waals surface area contributed by atoms with Gasteiger partial charge in [-0.15, -0.1) is 16.8 Å². The molecule has 0 aliphatic heterocycles. The smallest absolute Gasteiger partial charge is 0.276 e. The van der Waals surface area contributed by atoms with Crippen LogP contribution >= 0.6 is 24.1 Å². The summed E-state index contributed by atoms with van der Waals surface area (Å²) in [5.74, 6) is -0.157. The highest BCUT2D eigenvalue weighted by atomic mass is 35.5. The fourth-order valence-electron chi connectivity index (χ4n) is 1.35. The Balaban J connectivity index is 0.00000400. The molecular formula is C12H23ClN4O3S. The average molecular weight is 339 g/mol. The number of hydrogen-bond acceptors (Lipinski definition) is 7. The van der Waals surface area contributed by atoms with Gasteiger partial charge in [0, 0.05) is 18.6 Å². The third kappa shape index (κ3) is 7.56. The summed E-state index contributed by atoms with van der Waals surface area (Å²) in [7, 11) is 0. The summed E-state index contributed by atoms with van der Waals surface area (Å²) >= 11 is 0.908. The van der Waals surface area contributed by atoms with Gasteiger partial charge in [0.2, 0.25) is 5.69 Å². The van der Waals surface area contributed by atoms with Crippen LogP contribution in [0.15, 0.2) is 0 Å². The number of aromatic nitrogens is 2. The lowest BCUT2D eigenvalue weighted by atomic mass is 10.3. The molecule has 7 nitrogen and oxygen atoms in total. The molecule has 1 aromatic heterocycles. The van der Waals surface area contributed by atoms with Gasteiger partial charge in [0.25, 0.3) is 11.8 Å². The zero-order valence-corrected chi connectivity index (χ0v) is 14.3. The van der Waals surface area contributed by atoms with E-state index in [1.807, 2.05) is 27.7 Å². The normalized spacial score (nSPS) is 12.1. The largest absolute Gasteiger partial charge is 0.473 e. The highest BCUT2D eigenvalue weighted by molar-refractivity contribution is 6.99. The maximum Gasteiger partial charge on any atom is 0.276 e. The second kappa shape index (κ2) is 9.88. The summed E-state index contributed by atoms with van der Waals surface area (Å²) < 4.78 is 13.2. The van der Waals surface area contributed by atoms with E-state index in [0.29, 0.717) is 6.54 Å². The van der Waals surface area contributed by atoms with Crippen molar-refractivity contribution in [1.29, 1.82) is 0 Å². The number of nitrogens with one attached hydrogen (secondary N) is 2. The standard InChI is InChI=1S/C12H22N4O3S.ClH/c1-7(2)13-5-9(17)6-19-12-10(15-20-16-12)11(18)14-8(3)4;/h7-9,13,17H,5-6H2,1-4H3,(H,14,18);1H. The molecule has 0 saturated heterocycles. The summed E-state index contributed by atoms with van der Waals surface area (Å²) in [5, 5.41) is 15.6. The molecule has 0 aliphatic rings. The monoisotopic (exact) mass is 338 g/mol. The maximum atomic E-state index is 11.8. The van der Waals surface area contributed by atoms with E-state index in [1.54, 1.807) is 0 Å². The number of ether oxygens (including phenoxy) is 1. The van der Waals surface area contributed by atoms with Crippen LogP contribution in [0.2, 0.25) is 0 Å². The Morgan fingerprint density at radius 1 is 1.29 bits per heavy atom. The predicted octanol–water partition coefficient (Wildman–Crippen LogP) is 0.836. The van der Waals surface area contributed by atoms with E-state index < -0.39 is 6.10 Å². The maximum absolute atomic E-state index is 11.8. The van der Waals surface area contributed by atoms with E-state index in [4.69, 9.17) is 4.74 Å². The number of amides is 1. The number of carbonyl (C=O) groups is 1. The van der Waals surface area contributed by atoms with Gasteiger partial charge in [0.05, 0.1) is 11.7 Å². The van der Waals surface area contributed by atoms with Gasteiger partial charge in [-0.1, -0.05) is 13.8 Å². The van der Waals surface area contributed by atoms with Crippen LogP contribution in [0.3, 0.4) is 0 Å². The third-order valence-corrected chi connectivity index (χ3v) is 2.78. The predicted molar refractivity (Wildman–Crippen MR) is 84.4 cm³/mol. The molecule has 122 valence electrons. The molecule has 21 heavy (non-hydrogen) atoms. The van der Waals surface area contributed by atoms with Gasteiger partial charge in [0.1, 0.15) is 12.7 Å². The molecule has 0 aliphatic carbocycles. The van der Waals surface area contributed by atoms with Crippen LogP contribution in [-0.2, 0) is 0 Å². The minimum atomic E-state index is -0.667. The fourth-order valence-corrected chi connectivity index (χ4v) is 1.85. The van der Waals surface area contributed by atoms with E-state index in [0.717, 1.165) is 11.7 Å². The number of hydrogen-bond donors (Lipinski definition) is 3. The molecule has 1 atom stereocenters. The number of carbonyl (C=O) groups excluding carboxylic acids is 1. The molecule has 0 bridgehead atoms.